The van der Waals surface area contributed by atoms with Gasteiger partial charge in [-0.3, -0.25) is 4.79 Å². The number of urea groups is 1. The molecule has 0 spiro atoms. The molecule has 35 heavy (non-hydrogen) atoms. The molecule has 2 N–H and O–H groups in total. The molecule has 1 aliphatic heterocycles. The van der Waals surface area contributed by atoms with Crippen LogP contribution in [-0.2, 0) is 0 Å². The van der Waals surface area contributed by atoms with Crippen LogP contribution in [0.1, 0.15) is 49.9 Å². The number of aromatic nitrogens is 1. The molecule has 4 rings (SSSR count). The summed E-state index contributed by atoms with van der Waals surface area (Å²) in [6, 6.07) is 11.3. The van der Waals surface area contributed by atoms with Crippen molar-refractivity contribution in [1.82, 2.24) is 20.1 Å². The Bertz CT molecular complexity index is 1030. The minimum absolute atomic E-state index is 0.0848. The molecule has 1 aliphatic carbocycles. The molecule has 3 amide bonds. The van der Waals surface area contributed by atoms with Crippen molar-refractivity contribution >= 4 is 11.9 Å². The van der Waals surface area contributed by atoms with Crippen LogP contribution in [0.4, 0.5) is 4.79 Å². The Kier molecular flexibility index (Phi) is 7.90. The van der Waals surface area contributed by atoms with Crippen molar-refractivity contribution in [3.63, 3.8) is 0 Å². The Hall–Kier alpha value is -3.13. The fourth-order valence-corrected chi connectivity index (χ4v) is 4.82. The number of aliphatic hydroxyl groups excluding tert-OH is 1. The fraction of sp³-hybridized carbons (Fsp3) is 0.519. The molecule has 1 fully saturated rings. The molecule has 0 unspecified atom stereocenters. The van der Waals surface area contributed by atoms with Gasteiger partial charge < -0.3 is 25.0 Å². The van der Waals surface area contributed by atoms with Crippen LogP contribution in [0, 0.1) is 5.92 Å². The van der Waals surface area contributed by atoms with Gasteiger partial charge in [0.1, 0.15) is 11.7 Å². The second kappa shape index (κ2) is 11.1. The highest BCUT2D eigenvalue weighted by Crippen LogP contribution is 2.30. The van der Waals surface area contributed by atoms with Crippen molar-refractivity contribution in [2.24, 2.45) is 5.92 Å². The van der Waals surface area contributed by atoms with Gasteiger partial charge in [0.05, 0.1) is 19.2 Å². The Balaban J connectivity index is 1.61. The smallest absolute Gasteiger partial charge is 0.317 e. The van der Waals surface area contributed by atoms with Crippen LogP contribution >= 0.6 is 0 Å². The lowest BCUT2D eigenvalue weighted by Crippen LogP contribution is -2.52. The predicted octanol–water partition coefficient (Wildman–Crippen LogP) is 3.55. The normalized spacial score (nSPS) is 21.5. The van der Waals surface area contributed by atoms with E-state index in [4.69, 9.17) is 4.74 Å². The maximum Gasteiger partial charge on any atom is 0.317 e. The van der Waals surface area contributed by atoms with E-state index in [1.807, 2.05) is 44.2 Å². The number of hydrogen-bond acceptors (Lipinski definition) is 5. The van der Waals surface area contributed by atoms with Crippen LogP contribution in [0.25, 0.3) is 11.1 Å². The van der Waals surface area contributed by atoms with E-state index in [2.05, 4.69) is 10.3 Å². The number of hydrogen-bond donors (Lipinski definition) is 2. The molecular formula is C27H36N4O4. The van der Waals surface area contributed by atoms with Gasteiger partial charge in [0, 0.05) is 37.3 Å². The maximum absolute atomic E-state index is 13.6. The predicted molar refractivity (Wildman–Crippen MR) is 134 cm³/mol. The molecule has 1 aromatic carbocycles. The van der Waals surface area contributed by atoms with Gasteiger partial charge in [-0.15, -0.1) is 0 Å². The SMILES string of the molecule is C[C@H](CO)N1C[C@H](C)[C@@H](CN(C)C(=O)NC2CCCC2)Oc2ncc(-c3ccccc3)cc2C1=O. The van der Waals surface area contributed by atoms with Gasteiger partial charge in [0.2, 0.25) is 5.88 Å². The van der Waals surface area contributed by atoms with Crippen LogP contribution in [0.15, 0.2) is 42.6 Å². The second-order valence-corrected chi connectivity index (χ2v) is 9.88. The Labute approximate surface area is 207 Å². The number of amides is 3. The summed E-state index contributed by atoms with van der Waals surface area (Å²) in [7, 11) is 1.77. The van der Waals surface area contributed by atoms with E-state index in [0.717, 1.165) is 36.8 Å². The first kappa shape index (κ1) is 25.0. The lowest BCUT2D eigenvalue weighted by Gasteiger charge is -2.37. The van der Waals surface area contributed by atoms with E-state index in [1.165, 1.54) is 0 Å². The van der Waals surface area contributed by atoms with Crippen molar-refractivity contribution in [2.45, 2.75) is 57.7 Å². The summed E-state index contributed by atoms with van der Waals surface area (Å²) >= 11 is 0. The van der Waals surface area contributed by atoms with E-state index in [1.54, 1.807) is 29.1 Å². The zero-order valence-electron chi connectivity index (χ0n) is 20.8. The molecule has 2 aromatic rings. The summed E-state index contributed by atoms with van der Waals surface area (Å²) in [5.41, 5.74) is 2.13. The maximum atomic E-state index is 13.6. The molecule has 0 radical (unpaired) electrons. The monoisotopic (exact) mass is 480 g/mol. The number of likely N-dealkylation sites (N-methyl/N-ethyl adjacent to an activating group) is 1. The first-order valence-corrected chi connectivity index (χ1v) is 12.5. The summed E-state index contributed by atoms with van der Waals surface area (Å²) in [5.74, 6) is -0.0473. The number of aliphatic hydroxyl groups is 1. The molecule has 0 bridgehead atoms. The first-order chi connectivity index (χ1) is 16.9. The number of ether oxygens (including phenoxy) is 1. The van der Waals surface area contributed by atoms with E-state index in [0.29, 0.717) is 18.7 Å². The van der Waals surface area contributed by atoms with Gasteiger partial charge in [-0.25, -0.2) is 9.78 Å². The quantitative estimate of drug-likeness (QED) is 0.659. The minimum Gasteiger partial charge on any atom is -0.472 e. The summed E-state index contributed by atoms with van der Waals surface area (Å²) in [4.78, 5) is 34.2. The molecular weight excluding hydrogens is 444 g/mol. The van der Waals surface area contributed by atoms with Crippen molar-refractivity contribution in [3.05, 3.63) is 48.2 Å². The van der Waals surface area contributed by atoms with Crippen LogP contribution in [0.2, 0.25) is 0 Å². The number of carbonyl (C=O) groups is 2. The van der Waals surface area contributed by atoms with Gasteiger partial charge >= 0.3 is 6.03 Å². The topological polar surface area (TPSA) is 95.0 Å². The highest BCUT2D eigenvalue weighted by molar-refractivity contribution is 5.98. The fourth-order valence-electron chi connectivity index (χ4n) is 4.82. The molecule has 1 saturated carbocycles. The third-order valence-electron chi connectivity index (χ3n) is 7.11. The number of nitrogens with zero attached hydrogens (tertiary/aromatic N) is 3. The van der Waals surface area contributed by atoms with E-state index < -0.39 is 0 Å². The van der Waals surface area contributed by atoms with Crippen molar-refractivity contribution in [3.8, 4) is 17.0 Å². The summed E-state index contributed by atoms with van der Waals surface area (Å²) in [5, 5.41) is 13.0. The summed E-state index contributed by atoms with van der Waals surface area (Å²) in [6.45, 7) is 4.45. The van der Waals surface area contributed by atoms with Crippen molar-refractivity contribution in [2.75, 3.05) is 26.7 Å². The third-order valence-corrected chi connectivity index (χ3v) is 7.11. The number of benzene rings is 1. The Morgan fingerprint density at radius 3 is 2.66 bits per heavy atom. The van der Waals surface area contributed by atoms with Gasteiger partial charge in [-0.2, -0.15) is 0 Å². The largest absolute Gasteiger partial charge is 0.472 e. The van der Waals surface area contributed by atoms with Crippen LogP contribution in [-0.4, -0.2) is 76.8 Å². The third kappa shape index (κ3) is 5.75. The zero-order chi connectivity index (χ0) is 24.9. The Morgan fingerprint density at radius 2 is 1.97 bits per heavy atom. The highest BCUT2D eigenvalue weighted by Gasteiger charge is 2.35. The molecule has 2 aliphatic rings. The highest BCUT2D eigenvalue weighted by atomic mass is 16.5. The van der Waals surface area contributed by atoms with Crippen molar-refractivity contribution in [1.29, 1.82) is 0 Å². The number of pyridine rings is 1. The van der Waals surface area contributed by atoms with Gasteiger partial charge in [-0.1, -0.05) is 50.1 Å². The average Bonchev–Trinajstić information content (AvgIpc) is 3.39. The zero-order valence-corrected chi connectivity index (χ0v) is 20.8. The lowest BCUT2D eigenvalue weighted by atomic mass is 9.99. The summed E-state index contributed by atoms with van der Waals surface area (Å²) < 4.78 is 6.32. The lowest BCUT2D eigenvalue weighted by molar-refractivity contribution is 0.0351. The van der Waals surface area contributed by atoms with Gasteiger partial charge in [-0.05, 0) is 31.4 Å². The van der Waals surface area contributed by atoms with Crippen molar-refractivity contribution < 1.29 is 19.4 Å². The van der Waals surface area contributed by atoms with Crippen LogP contribution in [0.3, 0.4) is 0 Å². The summed E-state index contributed by atoms with van der Waals surface area (Å²) in [6.07, 6.45) is 5.68. The molecule has 0 saturated heterocycles. The minimum atomic E-state index is -0.371. The number of carbonyl (C=O) groups excluding carboxylic acids is 2. The first-order valence-electron chi connectivity index (χ1n) is 12.5. The molecule has 2 heterocycles. The molecule has 8 heteroatoms. The Morgan fingerprint density at radius 1 is 1.26 bits per heavy atom. The average molecular weight is 481 g/mol. The standard InChI is InChI=1S/C27H36N4O4/c1-18-15-31(19(2)17-32)26(33)23-13-21(20-9-5-4-6-10-20)14-28-25(23)35-24(18)16-30(3)27(34)29-22-11-7-8-12-22/h4-6,9-10,13-14,18-19,22,24,32H,7-8,11-12,15-17H2,1-3H3,(H,29,34)/t18-,19+,24+/m0/s1. The number of nitrogens with one attached hydrogen (secondary N) is 1. The molecule has 3 atom stereocenters. The van der Waals surface area contributed by atoms with Gasteiger partial charge in [0.15, 0.2) is 0 Å². The number of fused-ring (bicyclic) bond motifs is 1. The van der Waals surface area contributed by atoms with E-state index in [-0.39, 0.29) is 48.5 Å². The van der Waals surface area contributed by atoms with E-state index >= 15 is 0 Å². The molecule has 1 aromatic heterocycles. The van der Waals surface area contributed by atoms with Crippen LogP contribution < -0.4 is 10.1 Å². The second-order valence-electron chi connectivity index (χ2n) is 9.88. The molecule has 8 nitrogen and oxygen atoms in total. The van der Waals surface area contributed by atoms with Gasteiger partial charge in [0.25, 0.3) is 5.91 Å². The van der Waals surface area contributed by atoms with Crippen LogP contribution in [0.5, 0.6) is 5.88 Å². The van der Waals surface area contributed by atoms with E-state index in [9.17, 15) is 14.7 Å². The number of rotatable bonds is 6. The molecule has 188 valence electrons.